The molecule has 1 aliphatic rings. The SMILES string of the molecule is C[C@H](Nc1ncnc2cc(C(=O)N3CCSC3c3cnn(C)c3)c(Cl)cc12)c1nc2ccc(Cl)cc2[nH]1. The van der Waals surface area contributed by atoms with Crippen LogP contribution in [-0.2, 0) is 7.05 Å². The number of aryl methyl sites for hydroxylation is 1. The fourth-order valence-electron chi connectivity index (χ4n) is 4.51. The number of aromatic nitrogens is 6. The van der Waals surface area contributed by atoms with Gasteiger partial charge in [-0.3, -0.25) is 9.48 Å². The second-order valence-electron chi connectivity index (χ2n) is 8.89. The summed E-state index contributed by atoms with van der Waals surface area (Å²) in [5, 5.41) is 9.26. The van der Waals surface area contributed by atoms with Crippen LogP contribution >= 0.6 is 35.0 Å². The molecule has 1 amide bonds. The lowest BCUT2D eigenvalue weighted by atomic mass is 10.1. The van der Waals surface area contributed by atoms with E-state index in [0.717, 1.165) is 33.6 Å². The van der Waals surface area contributed by atoms with Crippen molar-refractivity contribution in [1.82, 2.24) is 34.6 Å². The van der Waals surface area contributed by atoms with Crippen LogP contribution in [0, 0.1) is 0 Å². The smallest absolute Gasteiger partial charge is 0.256 e. The first-order valence-electron chi connectivity index (χ1n) is 11.6. The minimum atomic E-state index is -0.189. The van der Waals surface area contributed by atoms with Gasteiger partial charge in [0.15, 0.2) is 0 Å². The van der Waals surface area contributed by atoms with Gasteiger partial charge in [0.2, 0.25) is 0 Å². The van der Waals surface area contributed by atoms with Crippen LogP contribution in [0.5, 0.6) is 0 Å². The van der Waals surface area contributed by atoms with Gasteiger partial charge in [0, 0.05) is 41.5 Å². The second-order valence-corrected chi connectivity index (χ2v) is 10.9. The number of nitrogens with one attached hydrogen (secondary N) is 2. The normalized spacial score (nSPS) is 16.5. The Hall–Kier alpha value is -3.34. The van der Waals surface area contributed by atoms with Gasteiger partial charge < -0.3 is 15.2 Å². The Morgan fingerprint density at radius 3 is 2.89 bits per heavy atom. The molecular formula is C25H22Cl2N8OS. The van der Waals surface area contributed by atoms with Crippen molar-refractivity contribution in [3.8, 4) is 0 Å². The third-order valence-electron chi connectivity index (χ3n) is 6.34. The van der Waals surface area contributed by atoms with Crippen LogP contribution in [0.4, 0.5) is 5.82 Å². The van der Waals surface area contributed by atoms with Gasteiger partial charge in [-0.15, -0.1) is 11.8 Å². The minimum Gasteiger partial charge on any atom is -0.360 e. The second kappa shape index (κ2) is 9.51. The van der Waals surface area contributed by atoms with E-state index >= 15 is 0 Å². The van der Waals surface area contributed by atoms with E-state index in [0.29, 0.717) is 33.5 Å². The summed E-state index contributed by atoms with van der Waals surface area (Å²) < 4.78 is 1.74. The van der Waals surface area contributed by atoms with Gasteiger partial charge in [-0.05, 0) is 37.3 Å². The van der Waals surface area contributed by atoms with Crippen LogP contribution in [-0.4, -0.2) is 52.8 Å². The number of halogens is 2. The lowest BCUT2D eigenvalue weighted by molar-refractivity contribution is 0.0760. The number of hydrogen-bond acceptors (Lipinski definition) is 7. The number of carbonyl (C=O) groups excluding carboxylic acids is 1. The lowest BCUT2D eigenvalue weighted by Crippen LogP contribution is -2.30. The number of benzene rings is 2. The minimum absolute atomic E-state index is 0.102. The van der Waals surface area contributed by atoms with Crippen molar-refractivity contribution >= 4 is 68.6 Å². The first kappa shape index (κ1) is 24.0. The molecule has 4 heterocycles. The van der Waals surface area contributed by atoms with Crippen molar-refractivity contribution in [2.24, 2.45) is 7.05 Å². The molecule has 6 rings (SSSR count). The lowest BCUT2D eigenvalue weighted by Gasteiger charge is -2.23. The first-order chi connectivity index (χ1) is 17.9. The fourth-order valence-corrected chi connectivity index (χ4v) is 6.15. The molecule has 37 heavy (non-hydrogen) atoms. The standard InChI is InChI=1S/C25H22Cl2N8OS/c1-13(22-32-19-4-3-15(26)7-21(19)33-22)31-23-17-8-18(27)16(9-20(17)28-12-29-23)24(36)35-5-6-37-25(35)14-10-30-34(2)11-14/h3-4,7-13,25H,5-6H2,1-2H3,(H,32,33)(H,28,29,31)/t13-,25?/m0/s1. The molecule has 0 saturated carbocycles. The molecule has 0 radical (unpaired) electrons. The fraction of sp³-hybridized carbons (Fsp3) is 0.240. The Bertz CT molecular complexity index is 1650. The highest BCUT2D eigenvalue weighted by Gasteiger charge is 2.33. The van der Waals surface area contributed by atoms with E-state index in [1.165, 1.54) is 6.33 Å². The van der Waals surface area contributed by atoms with Gasteiger partial charge in [-0.1, -0.05) is 23.2 Å². The Morgan fingerprint density at radius 1 is 1.22 bits per heavy atom. The number of fused-ring (bicyclic) bond motifs is 2. The number of H-pyrrole nitrogens is 1. The largest absolute Gasteiger partial charge is 0.360 e. The molecule has 3 aromatic heterocycles. The Balaban J connectivity index is 1.29. The zero-order valence-corrected chi connectivity index (χ0v) is 22.3. The molecular weight excluding hydrogens is 531 g/mol. The quantitative estimate of drug-likeness (QED) is 0.292. The first-order valence-corrected chi connectivity index (χ1v) is 13.4. The number of thioether (sulfide) groups is 1. The maximum Gasteiger partial charge on any atom is 0.256 e. The number of amides is 1. The maximum absolute atomic E-state index is 13.6. The number of nitrogens with zero attached hydrogens (tertiary/aromatic N) is 6. The van der Waals surface area contributed by atoms with Crippen LogP contribution in [0.15, 0.2) is 49.1 Å². The van der Waals surface area contributed by atoms with E-state index in [4.69, 9.17) is 23.2 Å². The van der Waals surface area contributed by atoms with E-state index in [1.54, 1.807) is 34.8 Å². The van der Waals surface area contributed by atoms with Crippen molar-refractivity contribution in [2.45, 2.75) is 18.3 Å². The molecule has 0 bridgehead atoms. The van der Waals surface area contributed by atoms with Gasteiger partial charge in [0.1, 0.15) is 23.3 Å². The van der Waals surface area contributed by atoms with E-state index in [1.807, 2.05) is 43.3 Å². The molecule has 2 N–H and O–H groups in total. The average molecular weight is 553 g/mol. The summed E-state index contributed by atoms with van der Waals surface area (Å²) in [4.78, 5) is 32.2. The summed E-state index contributed by atoms with van der Waals surface area (Å²) in [6.07, 6.45) is 5.21. The Labute approximate surface area is 226 Å². The highest BCUT2D eigenvalue weighted by Crippen LogP contribution is 2.40. The number of hydrogen-bond donors (Lipinski definition) is 2. The molecule has 2 atom stereocenters. The third kappa shape index (κ3) is 4.49. The molecule has 1 saturated heterocycles. The van der Waals surface area contributed by atoms with Crippen LogP contribution in [0.2, 0.25) is 10.0 Å². The van der Waals surface area contributed by atoms with Gasteiger partial charge in [0.25, 0.3) is 5.91 Å². The van der Waals surface area contributed by atoms with Gasteiger partial charge in [0.05, 0.1) is 39.4 Å². The molecule has 12 heteroatoms. The van der Waals surface area contributed by atoms with Gasteiger partial charge in [-0.2, -0.15) is 5.10 Å². The molecule has 5 aromatic rings. The van der Waals surface area contributed by atoms with Crippen LogP contribution in [0.1, 0.15) is 40.1 Å². The van der Waals surface area contributed by atoms with Crippen molar-refractivity contribution in [3.05, 3.63) is 76.0 Å². The van der Waals surface area contributed by atoms with E-state index in [2.05, 4.69) is 30.4 Å². The van der Waals surface area contributed by atoms with E-state index in [9.17, 15) is 4.79 Å². The predicted molar refractivity (Wildman–Crippen MR) is 147 cm³/mol. The molecule has 1 fully saturated rings. The zero-order chi connectivity index (χ0) is 25.7. The number of anilines is 1. The zero-order valence-electron chi connectivity index (χ0n) is 19.9. The molecule has 1 aliphatic heterocycles. The molecule has 188 valence electrons. The summed E-state index contributed by atoms with van der Waals surface area (Å²) in [6, 6.07) is 8.83. The summed E-state index contributed by atoms with van der Waals surface area (Å²) >= 11 is 14.5. The molecule has 1 unspecified atom stereocenters. The predicted octanol–water partition coefficient (Wildman–Crippen LogP) is 5.61. The maximum atomic E-state index is 13.6. The Morgan fingerprint density at radius 2 is 2.08 bits per heavy atom. The van der Waals surface area contributed by atoms with Crippen molar-refractivity contribution in [3.63, 3.8) is 0 Å². The highest BCUT2D eigenvalue weighted by molar-refractivity contribution is 7.99. The van der Waals surface area contributed by atoms with E-state index < -0.39 is 0 Å². The summed E-state index contributed by atoms with van der Waals surface area (Å²) in [5.41, 5.74) is 3.72. The van der Waals surface area contributed by atoms with Crippen molar-refractivity contribution in [1.29, 1.82) is 0 Å². The van der Waals surface area contributed by atoms with Crippen LogP contribution < -0.4 is 5.32 Å². The van der Waals surface area contributed by atoms with Gasteiger partial charge in [-0.25, -0.2) is 15.0 Å². The van der Waals surface area contributed by atoms with Crippen molar-refractivity contribution in [2.75, 3.05) is 17.6 Å². The number of rotatable bonds is 5. The number of carbonyl (C=O) groups is 1. The summed E-state index contributed by atoms with van der Waals surface area (Å²) in [7, 11) is 1.87. The molecule has 2 aromatic carbocycles. The van der Waals surface area contributed by atoms with Crippen molar-refractivity contribution < 1.29 is 4.79 Å². The number of aromatic amines is 1. The molecule has 9 nitrogen and oxygen atoms in total. The Kier molecular flexibility index (Phi) is 6.18. The van der Waals surface area contributed by atoms with Crippen LogP contribution in [0.3, 0.4) is 0 Å². The molecule has 0 spiro atoms. The molecule has 0 aliphatic carbocycles. The van der Waals surface area contributed by atoms with Gasteiger partial charge >= 0.3 is 0 Å². The third-order valence-corrected chi connectivity index (χ3v) is 8.15. The number of imidazole rings is 1. The van der Waals surface area contributed by atoms with E-state index in [-0.39, 0.29) is 17.3 Å². The highest BCUT2D eigenvalue weighted by atomic mass is 35.5. The summed E-state index contributed by atoms with van der Waals surface area (Å²) in [5.74, 6) is 2.06. The average Bonchev–Trinajstić information content (AvgIpc) is 3.62. The summed E-state index contributed by atoms with van der Waals surface area (Å²) in [6.45, 7) is 2.62. The topological polar surface area (TPSA) is 105 Å². The monoisotopic (exact) mass is 552 g/mol. The van der Waals surface area contributed by atoms with Crippen LogP contribution in [0.25, 0.3) is 21.9 Å².